The third kappa shape index (κ3) is 13.2. The molecule has 186 valence electrons. The van der Waals surface area contributed by atoms with Crippen molar-refractivity contribution in [3.05, 3.63) is 12.4 Å². The SMILES string of the molecule is CC(C)(C)[N-][Si](C)(CCCCCCOC(C)(C)C)C1CCC2CCCCC21.[CH3-].[Cl][Ti][Cl]. The Bertz CT molecular complexity index is 469. The van der Waals surface area contributed by atoms with Gasteiger partial charge in [-0.25, -0.2) is 0 Å². The molecule has 0 amide bonds. The minimum atomic E-state index is -1.56. The van der Waals surface area contributed by atoms with Crippen LogP contribution in [0.5, 0.6) is 0 Å². The van der Waals surface area contributed by atoms with Gasteiger partial charge in [-0.05, 0) is 39.0 Å². The predicted octanol–water partition coefficient (Wildman–Crippen LogP) is 9.91. The monoisotopic (exact) mass is 527 g/mol. The maximum atomic E-state index is 5.87. The van der Waals surface area contributed by atoms with Gasteiger partial charge in [0, 0.05) is 6.61 Å². The van der Waals surface area contributed by atoms with E-state index in [4.69, 9.17) is 28.3 Å². The summed E-state index contributed by atoms with van der Waals surface area (Å²) < 4.78 is 5.87. The van der Waals surface area contributed by atoms with E-state index in [-0.39, 0.29) is 18.6 Å². The Morgan fingerprint density at radius 2 is 1.48 bits per heavy atom. The van der Waals surface area contributed by atoms with E-state index in [2.05, 4.69) is 48.1 Å². The van der Waals surface area contributed by atoms with Crippen LogP contribution in [0, 0.1) is 19.3 Å². The molecule has 4 atom stereocenters. The number of halogens is 2. The Morgan fingerprint density at radius 3 is 2.06 bits per heavy atom. The first-order chi connectivity index (χ1) is 13.9. The van der Waals surface area contributed by atoms with Crippen LogP contribution in [0.25, 0.3) is 4.98 Å². The molecule has 2 saturated carbocycles. The molecule has 0 saturated heterocycles. The zero-order chi connectivity index (χ0) is 22.8. The first kappa shape index (κ1) is 32.4. The van der Waals surface area contributed by atoms with E-state index < -0.39 is 25.3 Å². The molecule has 0 aromatic rings. The van der Waals surface area contributed by atoms with E-state index in [0.29, 0.717) is 0 Å². The molecule has 0 spiro atoms. The van der Waals surface area contributed by atoms with Crippen molar-refractivity contribution in [2.75, 3.05) is 6.61 Å². The van der Waals surface area contributed by atoms with Crippen molar-refractivity contribution < 1.29 is 21.8 Å². The van der Waals surface area contributed by atoms with Crippen LogP contribution in [0.3, 0.4) is 0 Å². The number of unbranched alkanes of at least 4 members (excludes halogenated alkanes) is 3. The second-order valence-corrected chi connectivity index (χ2v) is 18.5. The number of ether oxygens (including phenoxy) is 1. The van der Waals surface area contributed by atoms with E-state index in [1.165, 1.54) is 70.3 Å². The van der Waals surface area contributed by atoms with Crippen LogP contribution in [0.15, 0.2) is 0 Å². The van der Waals surface area contributed by atoms with Gasteiger partial charge in [0.25, 0.3) is 0 Å². The molecule has 6 heteroatoms. The van der Waals surface area contributed by atoms with Crippen LogP contribution < -0.4 is 0 Å². The van der Waals surface area contributed by atoms with Crippen molar-refractivity contribution in [2.24, 2.45) is 11.8 Å². The summed E-state index contributed by atoms with van der Waals surface area (Å²) in [7, 11) is 8.21. The van der Waals surface area contributed by atoms with E-state index in [1.54, 1.807) is 0 Å². The summed E-state index contributed by atoms with van der Waals surface area (Å²) in [5, 5.41) is 0. The maximum absolute atomic E-state index is 5.87. The Kier molecular flexibility index (Phi) is 16.1. The fourth-order valence-electron chi connectivity index (χ4n) is 5.91. The van der Waals surface area contributed by atoms with Crippen LogP contribution in [0.1, 0.15) is 106 Å². The van der Waals surface area contributed by atoms with Gasteiger partial charge in [0.2, 0.25) is 0 Å². The van der Waals surface area contributed by atoms with E-state index >= 15 is 0 Å². The third-order valence-corrected chi connectivity index (χ3v) is 11.7. The van der Waals surface area contributed by atoms with Gasteiger partial charge in [0.05, 0.1) is 5.60 Å². The molecule has 2 aliphatic carbocycles. The molecule has 2 rings (SSSR count). The Hall–Kier alpha value is 1.43. The van der Waals surface area contributed by atoms with Crippen molar-refractivity contribution >= 4 is 26.8 Å². The summed E-state index contributed by atoms with van der Waals surface area (Å²) in [5.41, 5.74) is 1.11. The number of rotatable bonds is 9. The van der Waals surface area contributed by atoms with Crippen molar-refractivity contribution in [2.45, 2.75) is 135 Å². The molecule has 31 heavy (non-hydrogen) atoms. The standard InChI is InChI=1S/C24H48NOSi.CH3.2ClH.Ti/c1-23(2,3)25-27(7,19-13-9-8-12-18-26-24(4,5)6)22-17-16-20-14-10-11-15-21(20)22;;;;/h20-22H,8-19H2,1-7H3;1H3;2*1H;/q2*-1;;;+2/p-2. The van der Waals surface area contributed by atoms with E-state index in [1.807, 2.05) is 0 Å². The number of nitrogens with zero attached hydrogens (tertiary/aromatic N) is 1. The topological polar surface area (TPSA) is 23.3 Å². The molecule has 0 bridgehead atoms. The van der Waals surface area contributed by atoms with E-state index in [9.17, 15) is 0 Å². The fourth-order valence-corrected chi connectivity index (χ4v) is 11.2. The average Bonchev–Trinajstić information content (AvgIpc) is 3.04. The van der Waals surface area contributed by atoms with Gasteiger partial charge >= 0.3 is 35.6 Å². The van der Waals surface area contributed by atoms with Crippen LogP contribution >= 0.6 is 18.6 Å². The molecule has 0 N–H and O–H groups in total. The summed E-state index contributed by atoms with van der Waals surface area (Å²) in [5.74, 6) is 2.06. The molecule has 4 unspecified atom stereocenters. The summed E-state index contributed by atoms with van der Waals surface area (Å²) in [4.78, 5) is 5.59. The molecule has 2 aliphatic rings. The summed E-state index contributed by atoms with van der Waals surface area (Å²) in [6.07, 6.45) is 14.2. The van der Waals surface area contributed by atoms with Gasteiger partial charge in [-0.3, -0.25) is 0 Å². The zero-order valence-corrected chi connectivity index (χ0v) is 25.9. The molecule has 2 fully saturated rings. The Balaban J connectivity index is 0.00000212. The first-order valence-electron chi connectivity index (χ1n) is 12.3. The Labute approximate surface area is 213 Å². The van der Waals surface area contributed by atoms with Crippen molar-refractivity contribution in [1.82, 2.24) is 0 Å². The number of hydrogen-bond acceptors (Lipinski definition) is 1. The molecule has 0 aliphatic heterocycles. The minimum absolute atomic E-state index is 0. The summed E-state index contributed by atoms with van der Waals surface area (Å²) >= 11 is -0.556. The van der Waals surface area contributed by atoms with Crippen molar-refractivity contribution in [1.29, 1.82) is 0 Å². The second-order valence-electron chi connectivity index (χ2n) is 11.7. The van der Waals surface area contributed by atoms with Crippen LogP contribution in [-0.4, -0.2) is 26.0 Å². The van der Waals surface area contributed by atoms with Gasteiger partial charge in [-0.15, -0.1) is 5.54 Å². The fraction of sp³-hybridized carbons (Fsp3) is 0.960. The zero-order valence-electron chi connectivity index (χ0n) is 21.8. The molecule has 0 radical (unpaired) electrons. The van der Waals surface area contributed by atoms with Gasteiger partial charge in [0.15, 0.2) is 0 Å². The van der Waals surface area contributed by atoms with Gasteiger partial charge in [0.1, 0.15) is 0 Å². The molecule has 0 heterocycles. The van der Waals surface area contributed by atoms with Crippen LogP contribution in [0.4, 0.5) is 0 Å². The van der Waals surface area contributed by atoms with Gasteiger partial charge in [-0.1, -0.05) is 105 Å². The summed E-state index contributed by atoms with van der Waals surface area (Å²) in [6.45, 7) is 17.0. The molecular formula is C25H51Cl2NOSiTi-2. The van der Waals surface area contributed by atoms with Crippen LogP contribution in [-0.2, 0) is 21.8 Å². The Morgan fingerprint density at radius 1 is 0.903 bits per heavy atom. The van der Waals surface area contributed by atoms with E-state index in [0.717, 1.165) is 24.0 Å². The van der Waals surface area contributed by atoms with Gasteiger partial charge < -0.3 is 17.1 Å². The quantitative estimate of drug-likeness (QED) is 0.166. The molecular weight excluding hydrogens is 477 g/mol. The average molecular weight is 529 g/mol. The van der Waals surface area contributed by atoms with Gasteiger partial charge in [-0.2, -0.15) is 0 Å². The van der Waals surface area contributed by atoms with Crippen molar-refractivity contribution in [3.8, 4) is 0 Å². The molecule has 0 aromatic heterocycles. The predicted molar refractivity (Wildman–Crippen MR) is 140 cm³/mol. The summed E-state index contributed by atoms with van der Waals surface area (Å²) in [6, 6.07) is 1.41. The second kappa shape index (κ2) is 15.4. The number of fused-ring (bicyclic) bond motifs is 1. The third-order valence-electron chi connectivity index (χ3n) is 6.84. The van der Waals surface area contributed by atoms with Crippen molar-refractivity contribution in [3.63, 3.8) is 0 Å². The normalized spacial score (nSPS) is 25.5. The first-order valence-corrected chi connectivity index (χ1v) is 19.3. The van der Waals surface area contributed by atoms with Crippen LogP contribution in [0.2, 0.25) is 18.1 Å². The molecule has 2 nitrogen and oxygen atoms in total. The molecule has 0 aromatic carbocycles. The number of hydrogen-bond donors (Lipinski definition) is 0.